The van der Waals surface area contributed by atoms with Gasteiger partial charge in [-0.3, -0.25) is 0 Å². The fourth-order valence-corrected chi connectivity index (χ4v) is 3.52. The summed E-state index contributed by atoms with van der Waals surface area (Å²) in [5.74, 6) is 0.681. The first-order valence-corrected chi connectivity index (χ1v) is 7.84. The molecule has 3 rings (SSSR count). The lowest BCUT2D eigenvalue weighted by Crippen LogP contribution is -2.32. The molecule has 0 spiro atoms. The van der Waals surface area contributed by atoms with Gasteiger partial charge in [0.05, 0.1) is 17.6 Å². The molecule has 23 heavy (non-hydrogen) atoms. The van der Waals surface area contributed by atoms with Crippen LogP contribution in [0.15, 0.2) is 30.5 Å². The first kappa shape index (κ1) is 15.9. The fraction of sp³-hybridized carbons (Fsp3) is 0.444. The van der Waals surface area contributed by atoms with Gasteiger partial charge in [0.1, 0.15) is 11.6 Å². The first-order valence-electron chi connectivity index (χ1n) is 7.84. The van der Waals surface area contributed by atoms with Crippen LogP contribution >= 0.6 is 0 Å². The molecule has 0 aliphatic heterocycles. The van der Waals surface area contributed by atoms with E-state index >= 15 is 0 Å². The number of aliphatic hydroxyl groups is 1. The normalized spacial score (nSPS) is 22.9. The highest BCUT2D eigenvalue weighted by Gasteiger charge is 2.55. The average molecular weight is 315 g/mol. The lowest BCUT2D eigenvalue weighted by atomic mass is 9.92. The molecule has 0 radical (unpaired) electrons. The van der Waals surface area contributed by atoms with E-state index in [2.05, 4.69) is 14.9 Å². The third kappa shape index (κ3) is 2.93. The molecule has 0 amide bonds. The minimum atomic E-state index is -0.233. The number of benzene rings is 1. The Morgan fingerprint density at radius 1 is 1.39 bits per heavy atom. The van der Waals surface area contributed by atoms with Gasteiger partial charge in [0.2, 0.25) is 0 Å². The number of rotatable bonds is 5. The Hall–Kier alpha value is -2.01. The van der Waals surface area contributed by atoms with Crippen molar-refractivity contribution in [2.24, 2.45) is 5.92 Å². The van der Waals surface area contributed by atoms with Crippen molar-refractivity contribution < 1.29 is 9.50 Å². The predicted molar refractivity (Wildman–Crippen MR) is 88.0 cm³/mol. The Labute approximate surface area is 136 Å². The van der Waals surface area contributed by atoms with E-state index in [1.807, 2.05) is 33.2 Å². The van der Waals surface area contributed by atoms with Crippen molar-refractivity contribution in [2.45, 2.75) is 25.7 Å². The molecule has 0 unspecified atom stereocenters. The van der Waals surface area contributed by atoms with Gasteiger partial charge in [-0.25, -0.2) is 14.4 Å². The Balaban J connectivity index is 1.89. The first-order chi connectivity index (χ1) is 11.0. The Morgan fingerprint density at radius 2 is 2.17 bits per heavy atom. The molecule has 1 aliphatic carbocycles. The number of hydrogen-bond donors (Lipinski definition) is 1. The van der Waals surface area contributed by atoms with E-state index in [4.69, 9.17) is 0 Å². The molecule has 1 saturated carbocycles. The zero-order valence-electron chi connectivity index (χ0n) is 13.8. The van der Waals surface area contributed by atoms with Crippen molar-refractivity contribution in [3.63, 3.8) is 0 Å². The number of hydrogen-bond acceptors (Lipinski definition) is 4. The van der Waals surface area contributed by atoms with Crippen molar-refractivity contribution in [1.82, 2.24) is 9.97 Å². The van der Waals surface area contributed by atoms with Gasteiger partial charge in [0.15, 0.2) is 0 Å². The van der Waals surface area contributed by atoms with Crippen molar-refractivity contribution in [2.75, 3.05) is 25.1 Å². The lowest BCUT2D eigenvalue weighted by Gasteiger charge is -2.28. The molecule has 122 valence electrons. The molecule has 1 heterocycles. The second-order valence-electron chi connectivity index (χ2n) is 6.49. The number of aromatic nitrogens is 2. The van der Waals surface area contributed by atoms with Gasteiger partial charge in [0, 0.05) is 25.6 Å². The molecule has 1 aliphatic rings. The summed E-state index contributed by atoms with van der Waals surface area (Å²) in [5.41, 5.74) is 2.64. The van der Waals surface area contributed by atoms with E-state index in [9.17, 15) is 9.50 Å². The molecular formula is C18H22FN3O. The topological polar surface area (TPSA) is 49.2 Å². The maximum absolute atomic E-state index is 13.6. The molecule has 1 aromatic carbocycles. The molecule has 1 fully saturated rings. The summed E-state index contributed by atoms with van der Waals surface area (Å²) in [6.45, 7) is 4.65. The third-order valence-electron chi connectivity index (χ3n) is 4.86. The molecule has 2 aromatic rings. The number of likely N-dealkylation sites (N-methyl/N-ethyl adjacent to an activating group) is 1. The fourth-order valence-electron chi connectivity index (χ4n) is 3.52. The Morgan fingerprint density at radius 3 is 2.78 bits per heavy atom. The van der Waals surface area contributed by atoms with Crippen LogP contribution in [0.25, 0.3) is 0 Å². The predicted octanol–water partition coefficient (Wildman–Crippen LogP) is 2.62. The highest BCUT2D eigenvalue weighted by molar-refractivity contribution is 5.50. The average Bonchev–Trinajstić information content (AvgIpc) is 3.21. The number of aliphatic hydroxyl groups excluding tert-OH is 1. The molecule has 2 atom stereocenters. The van der Waals surface area contributed by atoms with Crippen LogP contribution in [0.5, 0.6) is 0 Å². The number of nitrogens with zero attached hydrogens (tertiary/aromatic N) is 3. The Bertz CT molecular complexity index is 721. The summed E-state index contributed by atoms with van der Waals surface area (Å²) < 4.78 is 13.6. The number of halogens is 1. The second kappa shape index (κ2) is 5.89. The Kier molecular flexibility index (Phi) is 4.06. The van der Waals surface area contributed by atoms with E-state index < -0.39 is 0 Å². The van der Waals surface area contributed by atoms with E-state index in [1.165, 1.54) is 6.07 Å². The van der Waals surface area contributed by atoms with Gasteiger partial charge in [-0.1, -0.05) is 12.1 Å². The molecule has 1 aromatic heterocycles. The molecule has 1 N–H and O–H groups in total. The van der Waals surface area contributed by atoms with Crippen molar-refractivity contribution in [3.05, 3.63) is 53.4 Å². The van der Waals surface area contributed by atoms with E-state index in [0.717, 1.165) is 29.2 Å². The second-order valence-corrected chi connectivity index (χ2v) is 6.49. The van der Waals surface area contributed by atoms with Gasteiger partial charge >= 0.3 is 0 Å². The minimum Gasteiger partial charge on any atom is -0.396 e. The van der Waals surface area contributed by atoms with Gasteiger partial charge in [-0.05, 0) is 43.9 Å². The summed E-state index contributed by atoms with van der Waals surface area (Å²) >= 11 is 0. The lowest BCUT2D eigenvalue weighted by molar-refractivity contribution is 0.263. The molecule has 0 saturated heterocycles. The molecule has 0 bridgehead atoms. The van der Waals surface area contributed by atoms with Crippen LogP contribution in [0, 0.1) is 25.6 Å². The SMILES string of the molecule is Cc1ncc(N(C)C[C@@]2(c3cccc(F)c3)C[C@H]2CO)c(C)n1. The van der Waals surface area contributed by atoms with Crippen LogP contribution < -0.4 is 4.90 Å². The van der Waals surface area contributed by atoms with Crippen molar-refractivity contribution in [3.8, 4) is 0 Å². The largest absolute Gasteiger partial charge is 0.396 e. The summed E-state index contributed by atoms with van der Waals surface area (Å²) in [5, 5.41) is 9.61. The van der Waals surface area contributed by atoms with Crippen molar-refractivity contribution >= 4 is 5.69 Å². The van der Waals surface area contributed by atoms with Crippen LogP contribution in [0.2, 0.25) is 0 Å². The summed E-state index contributed by atoms with van der Waals surface area (Å²) in [6.07, 6.45) is 2.69. The van der Waals surface area contributed by atoms with Crippen LogP contribution in [0.3, 0.4) is 0 Å². The van der Waals surface area contributed by atoms with Gasteiger partial charge in [0.25, 0.3) is 0 Å². The maximum atomic E-state index is 13.6. The molecular weight excluding hydrogens is 293 g/mol. The van der Waals surface area contributed by atoms with Crippen LogP contribution in [-0.4, -0.2) is 35.3 Å². The zero-order chi connectivity index (χ0) is 16.6. The van der Waals surface area contributed by atoms with E-state index in [0.29, 0.717) is 6.54 Å². The van der Waals surface area contributed by atoms with E-state index in [1.54, 1.807) is 12.1 Å². The van der Waals surface area contributed by atoms with Crippen LogP contribution in [0.1, 0.15) is 23.5 Å². The standard InChI is InChI=1S/C18H22FN3O/c1-12-17(9-20-13(2)21-12)22(3)11-18(8-15(18)10-23)14-5-4-6-16(19)7-14/h4-7,9,15,23H,8,10-11H2,1-3H3/t15-,18+/m0/s1. The molecule has 5 heteroatoms. The zero-order valence-corrected chi connectivity index (χ0v) is 13.8. The smallest absolute Gasteiger partial charge is 0.125 e. The van der Waals surface area contributed by atoms with Crippen LogP contribution in [0.4, 0.5) is 10.1 Å². The van der Waals surface area contributed by atoms with E-state index in [-0.39, 0.29) is 23.8 Å². The van der Waals surface area contributed by atoms with Crippen molar-refractivity contribution in [1.29, 1.82) is 0 Å². The maximum Gasteiger partial charge on any atom is 0.125 e. The van der Waals surface area contributed by atoms with Gasteiger partial charge in [-0.15, -0.1) is 0 Å². The monoisotopic (exact) mass is 315 g/mol. The number of aryl methyl sites for hydroxylation is 2. The summed E-state index contributed by atoms with van der Waals surface area (Å²) in [6, 6.07) is 6.72. The third-order valence-corrected chi connectivity index (χ3v) is 4.86. The summed E-state index contributed by atoms with van der Waals surface area (Å²) in [4.78, 5) is 10.8. The molecule has 4 nitrogen and oxygen atoms in total. The van der Waals surface area contributed by atoms with Gasteiger partial charge < -0.3 is 10.0 Å². The minimum absolute atomic E-state index is 0.119. The van der Waals surface area contributed by atoms with Gasteiger partial charge in [-0.2, -0.15) is 0 Å². The number of anilines is 1. The highest BCUT2D eigenvalue weighted by Crippen LogP contribution is 2.54. The quantitative estimate of drug-likeness (QED) is 0.921. The van der Waals surface area contributed by atoms with Crippen LogP contribution in [-0.2, 0) is 5.41 Å². The summed E-state index contributed by atoms with van der Waals surface area (Å²) in [7, 11) is 1.99. The highest BCUT2D eigenvalue weighted by atomic mass is 19.1.